The van der Waals surface area contributed by atoms with Crippen LogP contribution in [0.25, 0.3) is 0 Å². The Morgan fingerprint density at radius 3 is 2.90 bits per heavy atom. The molecule has 0 aliphatic carbocycles. The first-order valence-corrected chi connectivity index (χ1v) is 6.77. The first kappa shape index (κ1) is 14.5. The van der Waals surface area contributed by atoms with Crippen LogP contribution >= 0.6 is 11.6 Å². The maximum absolute atomic E-state index is 11.9. The van der Waals surface area contributed by atoms with E-state index in [9.17, 15) is 4.79 Å². The quantitative estimate of drug-likeness (QED) is 0.886. The number of nitrogens with one attached hydrogen (secondary N) is 2. The van der Waals surface area contributed by atoms with Crippen molar-refractivity contribution in [3.8, 4) is 0 Å². The molecule has 1 aromatic carbocycles. The van der Waals surface area contributed by atoms with Gasteiger partial charge >= 0.3 is 0 Å². The number of halogens is 1. The van der Waals surface area contributed by atoms with Crippen molar-refractivity contribution in [1.29, 1.82) is 0 Å². The van der Waals surface area contributed by atoms with E-state index >= 15 is 0 Å². The number of anilines is 1. The molecule has 0 bridgehead atoms. The Bertz CT molecular complexity index is 582. The molecule has 1 heterocycles. The molecule has 0 fully saturated rings. The largest absolute Gasteiger partial charge is 0.467 e. The highest BCUT2D eigenvalue weighted by Gasteiger charge is 2.11. The molecule has 0 aliphatic rings. The molecule has 1 atom stereocenters. The van der Waals surface area contributed by atoms with Crippen LogP contribution < -0.4 is 10.6 Å². The number of furan rings is 1. The molecule has 0 saturated heterocycles. The molecule has 0 radical (unpaired) electrons. The zero-order valence-corrected chi connectivity index (χ0v) is 12.2. The summed E-state index contributed by atoms with van der Waals surface area (Å²) in [5.41, 5.74) is 1.90. The molecule has 1 unspecified atom stereocenters. The molecule has 5 heteroatoms. The topological polar surface area (TPSA) is 54.3 Å². The standard InChI is InChI=1S/C15H17ClN2O2/c1-10-5-6-12(16)8-13(10)17-9-15(19)18-11(2)14-4-3-7-20-14/h3-8,11,17H,9H2,1-2H3,(H,18,19). The number of hydrogen-bond acceptors (Lipinski definition) is 3. The average Bonchev–Trinajstić information content (AvgIpc) is 2.94. The minimum absolute atomic E-state index is 0.103. The molecule has 106 valence electrons. The number of amides is 1. The summed E-state index contributed by atoms with van der Waals surface area (Å²) in [7, 11) is 0. The second kappa shape index (κ2) is 6.48. The van der Waals surface area contributed by atoms with Gasteiger partial charge in [0.15, 0.2) is 0 Å². The molecule has 1 amide bonds. The lowest BCUT2D eigenvalue weighted by atomic mass is 10.2. The van der Waals surface area contributed by atoms with Gasteiger partial charge in [-0.2, -0.15) is 0 Å². The Balaban J connectivity index is 1.87. The molecule has 0 spiro atoms. The smallest absolute Gasteiger partial charge is 0.239 e. The second-order valence-electron chi connectivity index (χ2n) is 4.62. The van der Waals surface area contributed by atoms with E-state index < -0.39 is 0 Å². The van der Waals surface area contributed by atoms with Crippen LogP contribution in [0.3, 0.4) is 0 Å². The van der Waals surface area contributed by atoms with Crippen molar-refractivity contribution in [3.63, 3.8) is 0 Å². The number of benzene rings is 1. The van der Waals surface area contributed by atoms with E-state index in [4.69, 9.17) is 16.0 Å². The molecule has 0 saturated carbocycles. The molecule has 0 aliphatic heterocycles. The third-order valence-electron chi connectivity index (χ3n) is 2.99. The van der Waals surface area contributed by atoms with E-state index in [2.05, 4.69) is 10.6 Å². The van der Waals surface area contributed by atoms with Gasteiger partial charge in [-0.05, 0) is 43.7 Å². The van der Waals surface area contributed by atoms with Gasteiger partial charge in [-0.25, -0.2) is 0 Å². The highest BCUT2D eigenvalue weighted by molar-refractivity contribution is 6.30. The Morgan fingerprint density at radius 2 is 2.20 bits per heavy atom. The van der Waals surface area contributed by atoms with E-state index in [1.54, 1.807) is 18.4 Å². The number of carbonyl (C=O) groups excluding carboxylic acids is 1. The maximum Gasteiger partial charge on any atom is 0.239 e. The summed E-state index contributed by atoms with van der Waals surface area (Å²) >= 11 is 5.93. The highest BCUT2D eigenvalue weighted by Crippen LogP contribution is 2.19. The van der Waals surface area contributed by atoms with Crippen LogP contribution in [0.4, 0.5) is 5.69 Å². The van der Waals surface area contributed by atoms with Crippen molar-refractivity contribution < 1.29 is 9.21 Å². The van der Waals surface area contributed by atoms with Crippen LogP contribution in [0.2, 0.25) is 5.02 Å². The maximum atomic E-state index is 11.9. The van der Waals surface area contributed by atoms with Gasteiger partial charge in [0.05, 0.1) is 18.8 Å². The van der Waals surface area contributed by atoms with Crippen molar-refractivity contribution in [1.82, 2.24) is 5.32 Å². The molecule has 2 aromatic rings. The van der Waals surface area contributed by atoms with Crippen molar-refractivity contribution in [2.24, 2.45) is 0 Å². The van der Waals surface area contributed by atoms with E-state index in [1.165, 1.54) is 0 Å². The zero-order valence-electron chi connectivity index (χ0n) is 11.4. The van der Waals surface area contributed by atoms with Crippen molar-refractivity contribution in [2.45, 2.75) is 19.9 Å². The molecular weight excluding hydrogens is 276 g/mol. The van der Waals surface area contributed by atoms with Crippen LogP contribution in [0.5, 0.6) is 0 Å². The van der Waals surface area contributed by atoms with Gasteiger partial charge in [0.2, 0.25) is 5.91 Å². The van der Waals surface area contributed by atoms with Crippen LogP contribution in [0, 0.1) is 6.92 Å². The van der Waals surface area contributed by atoms with Gasteiger partial charge in [-0.1, -0.05) is 17.7 Å². The van der Waals surface area contributed by atoms with E-state index in [-0.39, 0.29) is 18.5 Å². The van der Waals surface area contributed by atoms with E-state index in [1.807, 2.05) is 32.0 Å². The van der Waals surface area contributed by atoms with Gasteiger partial charge in [-0.3, -0.25) is 4.79 Å². The fourth-order valence-electron chi connectivity index (χ4n) is 1.86. The third-order valence-corrected chi connectivity index (χ3v) is 3.22. The SMILES string of the molecule is Cc1ccc(Cl)cc1NCC(=O)NC(C)c1ccco1. The monoisotopic (exact) mass is 292 g/mol. The molecule has 20 heavy (non-hydrogen) atoms. The fourth-order valence-corrected chi connectivity index (χ4v) is 2.03. The van der Waals surface area contributed by atoms with E-state index in [0.29, 0.717) is 5.02 Å². The van der Waals surface area contributed by atoms with Gasteiger partial charge in [-0.15, -0.1) is 0 Å². The Hall–Kier alpha value is -1.94. The molecule has 1 aromatic heterocycles. The minimum atomic E-state index is -0.153. The average molecular weight is 293 g/mol. The van der Waals surface area contributed by atoms with Gasteiger partial charge in [0.1, 0.15) is 5.76 Å². The molecule has 2 rings (SSSR count). The summed E-state index contributed by atoms with van der Waals surface area (Å²) in [4.78, 5) is 11.9. The summed E-state index contributed by atoms with van der Waals surface area (Å²) < 4.78 is 5.24. The summed E-state index contributed by atoms with van der Waals surface area (Å²) in [5, 5.41) is 6.58. The zero-order chi connectivity index (χ0) is 14.5. The van der Waals surface area contributed by atoms with Crippen LogP contribution in [-0.2, 0) is 4.79 Å². The van der Waals surface area contributed by atoms with Gasteiger partial charge in [0, 0.05) is 10.7 Å². The third kappa shape index (κ3) is 3.78. The summed E-state index contributed by atoms with van der Waals surface area (Å²) in [6.07, 6.45) is 1.59. The normalized spacial score (nSPS) is 11.9. The van der Waals surface area contributed by atoms with Crippen molar-refractivity contribution >= 4 is 23.2 Å². The molecule has 4 nitrogen and oxygen atoms in total. The van der Waals surface area contributed by atoms with E-state index in [0.717, 1.165) is 17.0 Å². The first-order chi connectivity index (χ1) is 9.56. The van der Waals surface area contributed by atoms with Gasteiger partial charge < -0.3 is 15.1 Å². The Morgan fingerprint density at radius 1 is 1.40 bits per heavy atom. The van der Waals surface area contributed by atoms with Crippen molar-refractivity contribution in [2.75, 3.05) is 11.9 Å². The Kier molecular flexibility index (Phi) is 4.69. The lowest BCUT2D eigenvalue weighted by molar-refractivity contribution is -0.120. The number of carbonyl (C=O) groups is 1. The van der Waals surface area contributed by atoms with Crippen LogP contribution in [0.1, 0.15) is 24.3 Å². The summed E-state index contributed by atoms with van der Waals surface area (Å²) in [6, 6.07) is 9.01. The summed E-state index contributed by atoms with van der Waals surface area (Å²) in [6.45, 7) is 4.02. The predicted molar refractivity (Wildman–Crippen MR) is 79.9 cm³/mol. The van der Waals surface area contributed by atoms with Crippen LogP contribution in [-0.4, -0.2) is 12.5 Å². The predicted octanol–water partition coefficient (Wildman–Crippen LogP) is 3.53. The molecule has 2 N–H and O–H groups in total. The minimum Gasteiger partial charge on any atom is -0.467 e. The fraction of sp³-hybridized carbons (Fsp3) is 0.267. The Labute approximate surface area is 123 Å². The number of aryl methyl sites for hydroxylation is 1. The lowest BCUT2D eigenvalue weighted by Gasteiger charge is -2.13. The summed E-state index contributed by atoms with van der Waals surface area (Å²) in [5.74, 6) is 0.630. The molecular formula is C15H17ClN2O2. The van der Waals surface area contributed by atoms with Crippen molar-refractivity contribution in [3.05, 3.63) is 52.9 Å². The lowest BCUT2D eigenvalue weighted by Crippen LogP contribution is -2.32. The van der Waals surface area contributed by atoms with Gasteiger partial charge in [0.25, 0.3) is 0 Å². The highest BCUT2D eigenvalue weighted by atomic mass is 35.5. The number of hydrogen-bond donors (Lipinski definition) is 2. The second-order valence-corrected chi connectivity index (χ2v) is 5.05. The first-order valence-electron chi connectivity index (χ1n) is 6.39. The number of rotatable bonds is 5. The van der Waals surface area contributed by atoms with Crippen LogP contribution in [0.15, 0.2) is 41.0 Å².